The van der Waals surface area contributed by atoms with Gasteiger partial charge in [0.25, 0.3) is 5.91 Å². The van der Waals surface area contributed by atoms with Crippen LogP contribution in [0.4, 0.5) is 5.13 Å². The number of thiazole rings is 1. The minimum Gasteiger partial charge on any atom is -0.497 e. The van der Waals surface area contributed by atoms with Crippen LogP contribution in [0.15, 0.2) is 53.9 Å². The fourth-order valence-corrected chi connectivity index (χ4v) is 4.25. The van der Waals surface area contributed by atoms with Crippen LogP contribution >= 0.6 is 11.3 Å². The summed E-state index contributed by atoms with van der Waals surface area (Å²) in [4.78, 5) is 19.8. The molecule has 1 saturated heterocycles. The molecule has 0 spiro atoms. The van der Waals surface area contributed by atoms with Gasteiger partial charge in [0, 0.05) is 23.1 Å². The van der Waals surface area contributed by atoms with E-state index >= 15 is 0 Å². The molecule has 4 rings (SSSR count). The Morgan fingerprint density at radius 2 is 1.77 bits per heavy atom. The summed E-state index contributed by atoms with van der Waals surface area (Å²) < 4.78 is 16.2. The number of aromatic nitrogens is 1. The number of nitrogens with zero attached hydrogens (tertiary/aromatic N) is 2. The molecular formula is C23H24N2O4S. The predicted octanol–water partition coefficient (Wildman–Crippen LogP) is 4.65. The zero-order chi connectivity index (χ0) is 20.9. The zero-order valence-electron chi connectivity index (χ0n) is 17.0. The van der Waals surface area contributed by atoms with Crippen LogP contribution in [0.5, 0.6) is 11.5 Å². The Kier molecular flexibility index (Phi) is 6.30. The van der Waals surface area contributed by atoms with Gasteiger partial charge >= 0.3 is 0 Å². The molecule has 1 atom stereocenters. The first kappa shape index (κ1) is 20.4. The molecule has 30 heavy (non-hydrogen) atoms. The molecule has 0 bridgehead atoms. The normalized spacial score (nSPS) is 15.7. The summed E-state index contributed by atoms with van der Waals surface area (Å²) in [6.45, 7) is 1.23. The molecule has 0 radical (unpaired) electrons. The van der Waals surface area contributed by atoms with Crippen molar-refractivity contribution in [3.05, 3.63) is 59.5 Å². The molecule has 1 amide bonds. The minimum atomic E-state index is -0.0937. The van der Waals surface area contributed by atoms with Gasteiger partial charge in [-0.2, -0.15) is 0 Å². The monoisotopic (exact) mass is 424 g/mol. The number of carbonyl (C=O) groups is 1. The SMILES string of the molecule is COc1ccc(C(=O)N(C[C@H]2CCCO2)c2nc(-c3ccc(OC)cc3)cs2)cc1. The molecule has 156 valence electrons. The molecule has 2 heterocycles. The number of amides is 1. The van der Waals surface area contributed by atoms with Crippen LogP contribution < -0.4 is 14.4 Å². The number of methoxy groups -OCH3 is 2. The van der Waals surface area contributed by atoms with Gasteiger partial charge in [-0.05, 0) is 61.4 Å². The molecule has 6 nitrogen and oxygen atoms in total. The maximum absolute atomic E-state index is 13.3. The zero-order valence-corrected chi connectivity index (χ0v) is 17.9. The Morgan fingerprint density at radius 3 is 2.37 bits per heavy atom. The number of benzene rings is 2. The average molecular weight is 425 g/mol. The van der Waals surface area contributed by atoms with Gasteiger partial charge in [-0.1, -0.05) is 0 Å². The Hall–Kier alpha value is -2.90. The highest BCUT2D eigenvalue weighted by atomic mass is 32.1. The van der Waals surface area contributed by atoms with Crippen molar-refractivity contribution in [1.82, 2.24) is 4.98 Å². The van der Waals surface area contributed by atoms with E-state index in [4.69, 9.17) is 19.2 Å². The second-order valence-electron chi connectivity index (χ2n) is 7.02. The predicted molar refractivity (Wildman–Crippen MR) is 118 cm³/mol. The van der Waals surface area contributed by atoms with Crippen molar-refractivity contribution in [1.29, 1.82) is 0 Å². The number of carbonyl (C=O) groups excluding carboxylic acids is 1. The third-order valence-corrected chi connectivity index (χ3v) is 5.96. The van der Waals surface area contributed by atoms with Crippen LogP contribution in [-0.4, -0.2) is 44.4 Å². The van der Waals surface area contributed by atoms with E-state index in [0.717, 1.165) is 36.5 Å². The molecule has 2 aromatic carbocycles. The second kappa shape index (κ2) is 9.28. The van der Waals surface area contributed by atoms with Crippen molar-refractivity contribution in [2.24, 2.45) is 0 Å². The Bertz CT molecular complexity index is 979. The first-order valence-electron chi connectivity index (χ1n) is 9.85. The first-order chi connectivity index (χ1) is 14.7. The molecule has 0 N–H and O–H groups in total. The van der Waals surface area contributed by atoms with Crippen molar-refractivity contribution in [3.8, 4) is 22.8 Å². The molecule has 1 aromatic heterocycles. The van der Waals surface area contributed by atoms with Gasteiger partial charge in [-0.25, -0.2) is 4.98 Å². The van der Waals surface area contributed by atoms with Crippen LogP contribution in [0, 0.1) is 0 Å². The quantitative estimate of drug-likeness (QED) is 0.552. The maximum Gasteiger partial charge on any atom is 0.260 e. The number of anilines is 1. The van der Waals surface area contributed by atoms with E-state index in [2.05, 4.69) is 0 Å². The molecule has 1 fully saturated rings. The van der Waals surface area contributed by atoms with Crippen LogP contribution in [0.2, 0.25) is 0 Å². The van der Waals surface area contributed by atoms with Crippen molar-refractivity contribution >= 4 is 22.4 Å². The molecule has 0 unspecified atom stereocenters. The largest absolute Gasteiger partial charge is 0.497 e. The number of ether oxygens (including phenoxy) is 3. The lowest BCUT2D eigenvalue weighted by Crippen LogP contribution is -2.37. The molecule has 3 aromatic rings. The van der Waals surface area contributed by atoms with Crippen molar-refractivity contribution in [2.45, 2.75) is 18.9 Å². The van der Waals surface area contributed by atoms with E-state index in [1.807, 2.05) is 29.6 Å². The molecule has 1 aliphatic rings. The van der Waals surface area contributed by atoms with Gasteiger partial charge in [0.1, 0.15) is 11.5 Å². The van der Waals surface area contributed by atoms with Gasteiger partial charge in [-0.3, -0.25) is 9.69 Å². The van der Waals surface area contributed by atoms with Crippen LogP contribution in [0.1, 0.15) is 23.2 Å². The fraction of sp³-hybridized carbons (Fsp3) is 0.304. The average Bonchev–Trinajstić information content (AvgIpc) is 3.49. The number of rotatable bonds is 7. The van der Waals surface area contributed by atoms with E-state index in [0.29, 0.717) is 23.0 Å². The molecule has 0 aliphatic carbocycles. The van der Waals surface area contributed by atoms with Gasteiger partial charge in [0.2, 0.25) is 0 Å². The maximum atomic E-state index is 13.3. The lowest BCUT2D eigenvalue weighted by Gasteiger charge is -2.23. The van der Waals surface area contributed by atoms with Crippen molar-refractivity contribution in [2.75, 3.05) is 32.3 Å². The van der Waals surface area contributed by atoms with E-state index in [1.165, 1.54) is 11.3 Å². The van der Waals surface area contributed by atoms with Gasteiger partial charge in [-0.15, -0.1) is 11.3 Å². The summed E-state index contributed by atoms with van der Waals surface area (Å²) in [7, 11) is 3.25. The van der Waals surface area contributed by atoms with E-state index in [9.17, 15) is 4.79 Å². The van der Waals surface area contributed by atoms with Crippen molar-refractivity contribution in [3.63, 3.8) is 0 Å². The summed E-state index contributed by atoms with van der Waals surface area (Å²) in [5.74, 6) is 1.42. The van der Waals surface area contributed by atoms with Crippen LogP contribution in [-0.2, 0) is 4.74 Å². The number of hydrogen-bond acceptors (Lipinski definition) is 6. The lowest BCUT2D eigenvalue weighted by atomic mass is 10.1. The minimum absolute atomic E-state index is 0.0283. The summed E-state index contributed by atoms with van der Waals surface area (Å²) in [6.07, 6.45) is 1.99. The first-order valence-corrected chi connectivity index (χ1v) is 10.7. The topological polar surface area (TPSA) is 60.9 Å². The standard InChI is InChI=1S/C23H24N2O4S/c1-27-18-9-5-16(6-10-18)21-15-30-23(24-21)25(14-20-4-3-13-29-20)22(26)17-7-11-19(28-2)12-8-17/h5-12,15,20H,3-4,13-14H2,1-2H3/t20-/m1/s1. The van der Waals surface area contributed by atoms with Crippen molar-refractivity contribution < 1.29 is 19.0 Å². The highest BCUT2D eigenvalue weighted by molar-refractivity contribution is 7.14. The Balaban J connectivity index is 1.61. The Morgan fingerprint density at radius 1 is 1.10 bits per heavy atom. The van der Waals surface area contributed by atoms with Crippen LogP contribution in [0.25, 0.3) is 11.3 Å². The van der Waals surface area contributed by atoms with Crippen LogP contribution in [0.3, 0.4) is 0 Å². The summed E-state index contributed by atoms with van der Waals surface area (Å²) in [6, 6.07) is 14.9. The molecular weight excluding hydrogens is 400 g/mol. The van der Waals surface area contributed by atoms with E-state index in [-0.39, 0.29) is 12.0 Å². The van der Waals surface area contributed by atoms with E-state index in [1.54, 1.807) is 43.4 Å². The molecule has 7 heteroatoms. The third-order valence-electron chi connectivity index (χ3n) is 5.10. The summed E-state index contributed by atoms with van der Waals surface area (Å²) in [5, 5.41) is 2.64. The van der Waals surface area contributed by atoms with Gasteiger partial charge in [0.15, 0.2) is 5.13 Å². The van der Waals surface area contributed by atoms with Gasteiger partial charge in [0.05, 0.1) is 32.6 Å². The molecule has 0 saturated carbocycles. The third kappa shape index (κ3) is 4.47. The Labute approximate surface area is 180 Å². The smallest absolute Gasteiger partial charge is 0.260 e. The summed E-state index contributed by atoms with van der Waals surface area (Å²) in [5.41, 5.74) is 2.40. The second-order valence-corrected chi connectivity index (χ2v) is 7.86. The highest BCUT2D eigenvalue weighted by Crippen LogP contribution is 2.30. The van der Waals surface area contributed by atoms with Gasteiger partial charge < -0.3 is 14.2 Å². The van der Waals surface area contributed by atoms with E-state index < -0.39 is 0 Å². The number of hydrogen-bond donors (Lipinski definition) is 0. The highest BCUT2D eigenvalue weighted by Gasteiger charge is 2.27. The summed E-state index contributed by atoms with van der Waals surface area (Å²) >= 11 is 1.46. The fourth-order valence-electron chi connectivity index (χ4n) is 3.41. The lowest BCUT2D eigenvalue weighted by molar-refractivity contribution is 0.0917. The molecule has 1 aliphatic heterocycles.